The average molecular weight is 556 g/mol. The first-order valence-electron chi connectivity index (χ1n) is 13.0. The number of unbranched alkanes of at least 4 members (excludes halogenated alkanes) is 3. The third-order valence-corrected chi connectivity index (χ3v) is 7.59. The summed E-state index contributed by atoms with van der Waals surface area (Å²) in [5, 5.41) is 11.5. The molecule has 1 aliphatic rings. The van der Waals surface area contributed by atoms with Gasteiger partial charge in [0, 0.05) is 44.7 Å². The van der Waals surface area contributed by atoms with Crippen molar-refractivity contribution in [2.75, 3.05) is 25.2 Å². The molecule has 4 rings (SSSR count). The molecular formula is C27H34N5O6P. The molecule has 2 amide bonds. The summed E-state index contributed by atoms with van der Waals surface area (Å²) in [6.45, 7) is 1.01. The van der Waals surface area contributed by atoms with E-state index in [2.05, 4.69) is 20.2 Å². The first-order chi connectivity index (χ1) is 18.8. The number of nitrogens with zero attached hydrogens (tertiary/aromatic N) is 4. The van der Waals surface area contributed by atoms with E-state index in [9.17, 15) is 19.0 Å². The zero-order valence-electron chi connectivity index (χ0n) is 22.2. The van der Waals surface area contributed by atoms with Crippen LogP contribution in [0.1, 0.15) is 44.1 Å². The number of aromatic nitrogens is 3. The van der Waals surface area contributed by atoms with Crippen molar-refractivity contribution in [2.45, 2.75) is 45.1 Å². The monoisotopic (exact) mass is 555 g/mol. The third kappa shape index (κ3) is 7.19. The Hall–Kier alpha value is -3.37. The van der Waals surface area contributed by atoms with Gasteiger partial charge in [-0.3, -0.25) is 18.6 Å². The minimum atomic E-state index is -3.92. The maximum atomic E-state index is 13.5. The van der Waals surface area contributed by atoms with Crippen molar-refractivity contribution < 1.29 is 28.1 Å². The summed E-state index contributed by atoms with van der Waals surface area (Å²) < 4.78 is 22.1. The Morgan fingerprint density at radius 1 is 1.03 bits per heavy atom. The topological polar surface area (TPSA) is 136 Å². The van der Waals surface area contributed by atoms with Crippen LogP contribution in [0.3, 0.4) is 0 Å². The van der Waals surface area contributed by atoms with Gasteiger partial charge in [-0.2, -0.15) is 0 Å². The van der Waals surface area contributed by atoms with Crippen LogP contribution in [0.4, 0.5) is 5.69 Å². The molecule has 0 radical (unpaired) electrons. The van der Waals surface area contributed by atoms with Crippen LogP contribution >= 0.6 is 7.82 Å². The molecule has 208 valence electrons. The average Bonchev–Trinajstić information content (AvgIpc) is 3.31. The molecule has 1 aromatic heterocycles. The number of phosphoric acid groups is 1. The van der Waals surface area contributed by atoms with Gasteiger partial charge in [-0.25, -0.2) is 9.25 Å². The van der Waals surface area contributed by atoms with E-state index in [1.807, 2.05) is 55.6 Å². The van der Waals surface area contributed by atoms with Crippen molar-refractivity contribution >= 4 is 25.3 Å². The fraction of sp³-hybridized carbons (Fsp3) is 0.407. The maximum absolute atomic E-state index is 13.5. The summed E-state index contributed by atoms with van der Waals surface area (Å²) in [7, 11) is -0.936. The van der Waals surface area contributed by atoms with Crippen LogP contribution in [-0.2, 0) is 36.8 Å². The minimum absolute atomic E-state index is 0.0771. The zero-order valence-corrected chi connectivity index (χ0v) is 23.1. The van der Waals surface area contributed by atoms with E-state index in [0.717, 1.165) is 54.4 Å². The Kier molecular flexibility index (Phi) is 9.63. The number of benzene rings is 2. The number of rotatable bonds is 12. The molecule has 0 fully saturated rings. The van der Waals surface area contributed by atoms with Gasteiger partial charge in [0.15, 0.2) is 0 Å². The molecule has 0 bridgehead atoms. The molecule has 0 saturated heterocycles. The summed E-state index contributed by atoms with van der Waals surface area (Å²) in [6.07, 6.45) is 3.17. The van der Waals surface area contributed by atoms with Crippen molar-refractivity contribution in [2.24, 2.45) is 7.05 Å². The minimum Gasteiger partial charge on any atom is -0.356 e. The van der Waals surface area contributed by atoms with E-state index < -0.39 is 7.82 Å². The van der Waals surface area contributed by atoms with Gasteiger partial charge in [-0.1, -0.05) is 60.5 Å². The summed E-state index contributed by atoms with van der Waals surface area (Å²) in [6, 6.07) is 15.6. The van der Waals surface area contributed by atoms with Gasteiger partial charge in [-0.15, -0.1) is 5.10 Å². The molecule has 11 nitrogen and oxygen atoms in total. The Morgan fingerprint density at radius 3 is 2.54 bits per heavy atom. The third-order valence-electron chi connectivity index (χ3n) is 6.62. The Balaban J connectivity index is 1.32. The summed E-state index contributed by atoms with van der Waals surface area (Å²) in [5.41, 5.74) is 5.13. The fourth-order valence-corrected chi connectivity index (χ4v) is 5.07. The number of phosphoric ester groups is 1. The Morgan fingerprint density at radius 2 is 1.74 bits per heavy atom. The van der Waals surface area contributed by atoms with Gasteiger partial charge >= 0.3 is 7.82 Å². The number of para-hydroxylation sites is 1. The molecule has 2 N–H and O–H groups in total. The molecule has 12 heteroatoms. The van der Waals surface area contributed by atoms with Gasteiger partial charge in [0.1, 0.15) is 5.69 Å². The number of hydrogen-bond acceptors (Lipinski definition) is 7. The predicted molar refractivity (Wildman–Crippen MR) is 147 cm³/mol. The number of amides is 2. The van der Waals surface area contributed by atoms with Gasteiger partial charge in [-0.05, 0) is 24.5 Å². The second-order valence-electron chi connectivity index (χ2n) is 9.31. The second kappa shape index (κ2) is 13.1. The number of anilines is 1. The molecule has 0 spiro atoms. The predicted octanol–water partition coefficient (Wildman–Crippen LogP) is 4.22. The second-order valence-corrected chi connectivity index (χ2v) is 10.9. The van der Waals surface area contributed by atoms with E-state index >= 15 is 0 Å². The first kappa shape index (κ1) is 28.6. The molecule has 3 aromatic rings. The first-order valence-corrected chi connectivity index (χ1v) is 14.5. The molecule has 2 heterocycles. The van der Waals surface area contributed by atoms with E-state index in [0.29, 0.717) is 25.2 Å². The normalized spacial score (nSPS) is 13.9. The quantitative estimate of drug-likeness (QED) is 0.251. The Labute approximate surface area is 227 Å². The fourth-order valence-electron chi connectivity index (χ4n) is 4.60. The number of hydrogen-bond donors (Lipinski definition) is 2. The van der Waals surface area contributed by atoms with Crippen LogP contribution in [0.2, 0.25) is 0 Å². The van der Waals surface area contributed by atoms with Crippen LogP contribution < -0.4 is 10.2 Å². The molecule has 0 aliphatic carbocycles. The molecule has 2 aromatic carbocycles. The lowest BCUT2D eigenvalue weighted by atomic mass is 9.95. The van der Waals surface area contributed by atoms with Gasteiger partial charge in [0.25, 0.3) is 0 Å². The zero-order chi connectivity index (χ0) is 27.8. The van der Waals surface area contributed by atoms with Crippen molar-refractivity contribution in [3.8, 4) is 22.5 Å². The largest absolute Gasteiger partial charge is 0.471 e. The van der Waals surface area contributed by atoms with Crippen LogP contribution in [0.15, 0.2) is 48.5 Å². The number of carbonyl (C=O) groups excluding carboxylic acids is 2. The van der Waals surface area contributed by atoms with E-state index in [1.54, 1.807) is 9.58 Å². The van der Waals surface area contributed by atoms with Crippen LogP contribution in [-0.4, -0.2) is 52.0 Å². The standard InChI is InChI=1S/C27H34N5O6P/c1-31-27-21-12-6-5-11-20(21)19-32(23-14-8-7-13-22(23)26(27)29-30-31)25(34)16-15-24(33)28-17-9-3-4-10-18-38-39(35,36)37-2/h5-8,11-14H,3-4,9-10,15-19H2,1-2H3,(H,28,33)(H,35,36). The van der Waals surface area contributed by atoms with Gasteiger partial charge in [0.2, 0.25) is 11.8 Å². The molecule has 1 atom stereocenters. The van der Waals surface area contributed by atoms with Crippen LogP contribution in [0.5, 0.6) is 0 Å². The SMILES string of the molecule is COP(=O)(O)OCCCCCCNC(=O)CCC(=O)N1Cc2ccccc2-c2c(nnn2C)-c2ccccc21. The van der Waals surface area contributed by atoms with Crippen molar-refractivity contribution in [1.82, 2.24) is 20.3 Å². The van der Waals surface area contributed by atoms with Crippen LogP contribution in [0, 0.1) is 0 Å². The van der Waals surface area contributed by atoms with E-state index in [1.165, 1.54) is 0 Å². The summed E-state index contributed by atoms with van der Waals surface area (Å²) >= 11 is 0. The molecule has 1 unspecified atom stereocenters. The van der Waals surface area contributed by atoms with Crippen molar-refractivity contribution in [1.29, 1.82) is 0 Å². The lowest BCUT2D eigenvalue weighted by Gasteiger charge is -2.28. The van der Waals surface area contributed by atoms with Gasteiger partial charge in [0.05, 0.1) is 24.5 Å². The van der Waals surface area contributed by atoms with Crippen molar-refractivity contribution in [3.63, 3.8) is 0 Å². The lowest BCUT2D eigenvalue weighted by Crippen LogP contribution is -2.33. The highest BCUT2D eigenvalue weighted by molar-refractivity contribution is 7.47. The number of nitrogens with one attached hydrogen (secondary N) is 1. The number of aryl methyl sites for hydroxylation is 1. The Bertz CT molecular complexity index is 1360. The molecule has 39 heavy (non-hydrogen) atoms. The number of fused-ring (bicyclic) bond motifs is 5. The highest BCUT2D eigenvalue weighted by atomic mass is 31.2. The number of carbonyl (C=O) groups is 2. The maximum Gasteiger partial charge on any atom is 0.471 e. The molecule has 1 aliphatic heterocycles. The summed E-state index contributed by atoms with van der Waals surface area (Å²) in [4.78, 5) is 36.8. The van der Waals surface area contributed by atoms with Crippen molar-refractivity contribution in [3.05, 3.63) is 54.1 Å². The van der Waals surface area contributed by atoms with E-state index in [-0.39, 0.29) is 31.3 Å². The highest BCUT2D eigenvalue weighted by Crippen LogP contribution is 2.42. The summed E-state index contributed by atoms with van der Waals surface area (Å²) in [5.74, 6) is -0.318. The molecule has 0 saturated carbocycles. The van der Waals surface area contributed by atoms with Crippen LogP contribution in [0.25, 0.3) is 22.5 Å². The molecular weight excluding hydrogens is 521 g/mol. The smallest absolute Gasteiger partial charge is 0.356 e. The lowest BCUT2D eigenvalue weighted by molar-refractivity contribution is -0.125. The van der Waals surface area contributed by atoms with E-state index in [4.69, 9.17) is 4.52 Å². The van der Waals surface area contributed by atoms with Gasteiger partial charge < -0.3 is 15.1 Å². The highest BCUT2D eigenvalue weighted by Gasteiger charge is 2.28.